The van der Waals surface area contributed by atoms with Crippen molar-refractivity contribution in [1.82, 2.24) is 15.0 Å². The predicted molar refractivity (Wildman–Crippen MR) is 198 cm³/mol. The summed E-state index contributed by atoms with van der Waals surface area (Å²) in [6, 6.07) is 44.0. The van der Waals surface area contributed by atoms with Crippen LogP contribution in [0.25, 0.3) is 56.4 Å². The zero-order valence-corrected chi connectivity index (χ0v) is 28.3. The van der Waals surface area contributed by atoms with Gasteiger partial charge in [-0.1, -0.05) is 131 Å². The fraction of sp³-hybridized carbons (Fsp3) is 0.133. The molecule has 3 aliphatic rings. The van der Waals surface area contributed by atoms with E-state index in [2.05, 4.69) is 100 Å². The van der Waals surface area contributed by atoms with Crippen molar-refractivity contribution in [3.8, 4) is 79.4 Å². The maximum absolute atomic E-state index is 6.95. The molecule has 2 heterocycles. The number of rotatable bonds is 3. The minimum atomic E-state index is -0.163. The average Bonchev–Trinajstić information content (AvgIpc) is 3.53. The normalized spacial score (nSPS) is 15.0. The third kappa shape index (κ3) is 4.04. The van der Waals surface area contributed by atoms with Gasteiger partial charge < -0.3 is 9.47 Å². The first kappa shape index (κ1) is 28.9. The highest BCUT2D eigenvalue weighted by molar-refractivity contribution is 5.89. The molecule has 0 atom stereocenters. The quantitative estimate of drug-likeness (QED) is 0.191. The predicted octanol–water partition coefficient (Wildman–Crippen LogP) is 11.4. The van der Waals surface area contributed by atoms with E-state index >= 15 is 0 Å². The van der Waals surface area contributed by atoms with Gasteiger partial charge >= 0.3 is 0 Å². The number of nitrogens with zero attached hydrogens (tertiary/aromatic N) is 3. The van der Waals surface area contributed by atoms with E-state index in [4.69, 9.17) is 24.4 Å². The van der Waals surface area contributed by atoms with Crippen molar-refractivity contribution in [2.24, 2.45) is 0 Å². The lowest BCUT2D eigenvalue weighted by Crippen LogP contribution is -2.15. The van der Waals surface area contributed by atoms with Crippen molar-refractivity contribution in [3.63, 3.8) is 0 Å². The second kappa shape index (κ2) is 10.2. The second-order valence-electron chi connectivity index (χ2n) is 14.4. The van der Waals surface area contributed by atoms with Gasteiger partial charge in [-0.15, -0.1) is 0 Å². The van der Waals surface area contributed by atoms with E-state index in [1.807, 2.05) is 54.6 Å². The molecule has 0 saturated carbocycles. The van der Waals surface area contributed by atoms with Crippen molar-refractivity contribution in [2.45, 2.75) is 38.5 Å². The lowest BCUT2D eigenvalue weighted by Gasteiger charge is -2.26. The Balaban J connectivity index is 1.14. The first-order valence-electron chi connectivity index (χ1n) is 17.1. The first-order valence-corrected chi connectivity index (χ1v) is 17.1. The van der Waals surface area contributed by atoms with Gasteiger partial charge in [-0.2, -0.15) is 0 Å². The lowest BCUT2D eigenvalue weighted by molar-refractivity contribution is 0.361. The fourth-order valence-corrected chi connectivity index (χ4v) is 8.21. The Labute approximate surface area is 291 Å². The highest BCUT2D eigenvalue weighted by Gasteiger charge is 2.40. The Kier molecular flexibility index (Phi) is 5.91. The van der Waals surface area contributed by atoms with Crippen LogP contribution in [0.1, 0.15) is 49.9 Å². The van der Waals surface area contributed by atoms with Crippen molar-refractivity contribution in [3.05, 3.63) is 150 Å². The highest BCUT2D eigenvalue weighted by Crippen LogP contribution is 2.59. The molecule has 7 aromatic rings. The van der Waals surface area contributed by atoms with Crippen LogP contribution in [0.2, 0.25) is 0 Å². The maximum Gasteiger partial charge on any atom is 0.181 e. The summed E-state index contributed by atoms with van der Waals surface area (Å²) in [5, 5.41) is 0. The van der Waals surface area contributed by atoms with Crippen molar-refractivity contribution in [1.29, 1.82) is 0 Å². The van der Waals surface area contributed by atoms with Crippen molar-refractivity contribution < 1.29 is 9.47 Å². The zero-order valence-electron chi connectivity index (χ0n) is 28.3. The summed E-state index contributed by atoms with van der Waals surface area (Å²) >= 11 is 0. The molecule has 0 saturated heterocycles. The van der Waals surface area contributed by atoms with Gasteiger partial charge in [0, 0.05) is 27.5 Å². The molecule has 1 aromatic heterocycles. The molecular weight excluding hydrogens is 615 g/mol. The molecule has 0 amide bonds. The number of hydrogen-bond acceptors (Lipinski definition) is 5. The smallest absolute Gasteiger partial charge is 0.181 e. The molecular formula is C45H33N3O2. The summed E-state index contributed by atoms with van der Waals surface area (Å²) in [7, 11) is 0. The van der Waals surface area contributed by atoms with Crippen molar-refractivity contribution >= 4 is 0 Å². The van der Waals surface area contributed by atoms with Gasteiger partial charge in [0.15, 0.2) is 40.5 Å². The largest absolute Gasteiger partial charge is 0.449 e. The van der Waals surface area contributed by atoms with Crippen LogP contribution in [-0.2, 0) is 10.8 Å². The Hall–Kier alpha value is -6.07. The number of fused-ring (bicyclic) bond motifs is 9. The van der Waals surface area contributed by atoms with Gasteiger partial charge in [0.05, 0.1) is 5.56 Å². The minimum Gasteiger partial charge on any atom is -0.449 e. The SMILES string of the molecule is CC1(C)c2ccccc2-c2ccc(-c3nc(-c4ccccc4)nc(-c4cccc5c4Oc4c(ccc6c4-c4ccccc4C6(C)C)O5)n3)cc21. The minimum absolute atomic E-state index is 0.148. The highest BCUT2D eigenvalue weighted by atomic mass is 16.6. The van der Waals surface area contributed by atoms with Gasteiger partial charge in [0.1, 0.15) is 0 Å². The average molecular weight is 648 g/mol. The molecule has 0 unspecified atom stereocenters. The molecule has 2 aliphatic carbocycles. The van der Waals surface area contributed by atoms with E-state index in [0.29, 0.717) is 34.7 Å². The molecule has 0 bridgehead atoms. The van der Waals surface area contributed by atoms with E-state index < -0.39 is 0 Å². The number of ether oxygens (including phenoxy) is 2. The topological polar surface area (TPSA) is 57.1 Å². The molecule has 240 valence electrons. The molecule has 5 heteroatoms. The van der Waals surface area contributed by atoms with Gasteiger partial charge in [-0.3, -0.25) is 0 Å². The third-order valence-corrected chi connectivity index (χ3v) is 10.8. The van der Waals surface area contributed by atoms with Crippen LogP contribution in [-0.4, -0.2) is 15.0 Å². The Morgan fingerprint density at radius 2 is 1.00 bits per heavy atom. The van der Waals surface area contributed by atoms with Crippen LogP contribution >= 0.6 is 0 Å². The van der Waals surface area contributed by atoms with Gasteiger partial charge in [-0.05, 0) is 63.2 Å². The molecule has 50 heavy (non-hydrogen) atoms. The van der Waals surface area contributed by atoms with Crippen LogP contribution in [0.15, 0.2) is 127 Å². The molecule has 10 rings (SSSR count). The monoisotopic (exact) mass is 647 g/mol. The molecule has 0 N–H and O–H groups in total. The fourth-order valence-electron chi connectivity index (χ4n) is 8.21. The van der Waals surface area contributed by atoms with Gasteiger partial charge in [-0.25, -0.2) is 15.0 Å². The summed E-state index contributed by atoms with van der Waals surface area (Å²) in [6.07, 6.45) is 0. The van der Waals surface area contributed by atoms with Crippen molar-refractivity contribution in [2.75, 3.05) is 0 Å². The maximum atomic E-state index is 6.95. The summed E-state index contributed by atoms with van der Waals surface area (Å²) < 4.78 is 13.5. The summed E-state index contributed by atoms with van der Waals surface area (Å²) in [6.45, 7) is 9.11. The van der Waals surface area contributed by atoms with E-state index in [-0.39, 0.29) is 10.8 Å². The Morgan fingerprint density at radius 3 is 1.80 bits per heavy atom. The lowest BCUT2D eigenvalue weighted by atomic mass is 9.82. The van der Waals surface area contributed by atoms with E-state index in [0.717, 1.165) is 28.0 Å². The molecule has 6 aromatic carbocycles. The summed E-state index contributed by atoms with van der Waals surface area (Å²) in [5.41, 5.74) is 12.2. The van der Waals surface area contributed by atoms with E-state index in [1.165, 1.54) is 38.9 Å². The zero-order chi connectivity index (χ0) is 33.8. The van der Waals surface area contributed by atoms with Crippen LogP contribution in [0, 0.1) is 0 Å². The number of aromatic nitrogens is 3. The standard InChI is InChI=1S/C45H33N3O2/c1-44(2)33-19-11-9-16-30(33)38-34(44)23-24-37-40(38)50-39-31(17-12-20-36(39)49-37)43-47-41(26-13-6-5-7-14-26)46-42(48-43)27-21-22-29-28-15-8-10-18-32(28)45(3,4)35(29)25-27/h5-25H,1-4H3. The Morgan fingerprint density at radius 1 is 0.400 bits per heavy atom. The van der Waals surface area contributed by atoms with Crippen LogP contribution < -0.4 is 9.47 Å². The summed E-state index contributed by atoms with van der Waals surface area (Å²) in [5.74, 6) is 4.37. The number of hydrogen-bond donors (Lipinski definition) is 0. The molecule has 5 nitrogen and oxygen atoms in total. The van der Waals surface area contributed by atoms with Gasteiger partial charge in [0.25, 0.3) is 0 Å². The Bertz CT molecular complexity index is 2550. The first-order chi connectivity index (χ1) is 24.3. The third-order valence-electron chi connectivity index (χ3n) is 10.8. The van der Waals surface area contributed by atoms with Crippen LogP contribution in [0.3, 0.4) is 0 Å². The van der Waals surface area contributed by atoms with Gasteiger partial charge in [0.2, 0.25) is 0 Å². The molecule has 0 spiro atoms. The number of para-hydroxylation sites is 1. The second-order valence-corrected chi connectivity index (χ2v) is 14.4. The molecule has 1 aliphatic heterocycles. The summed E-state index contributed by atoms with van der Waals surface area (Å²) in [4.78, 5) is 15.3. The van der Waals surface area contributed by atoms with E-state index in [1.54, 1.807) is 0 Å². The number of benzene rings is 6. The van der Waals surface area contributed by atoms with Crippen LogP contribution in [0.4, 0.5) is 0 Å². The molecule has 0 radical (unpaired) electrons. The van der Waals surface area contributed by atoms with Crippen LogP contribution in [0.5, 0.6) is 23.0 Å². The van der Waals surface area contributed by atoms with E-state index in [9.17, 15) is 0 Å². The molecule has 0 fully saturated rings.